The summed E-state index contributed by atoms with van der Waals surface area (Å²) in [6.07, 6.45) is -5.30. The molecule has 0 radical (unpaired) electrons. The lowest BCUT2D eigenvalue weighted by Crippen LogP contribution is -2.59. The second kappa shape index (κ2) is 3.95. The topological polar surface area (TPSA) is 52.3 Å². The van der Waals surface area contributed by atoms with E-state index in [2.05, 4.69) is 4.74 Å². The van der Waals surface area contributed by atoms with Gasteiger partial charge in [-0.15, -0.1) is 0 Å². The summed E-state index contributed by atoms with van der Waals surface area (Å²) in [5.74, 6) is -1.43. The first kappa shape index (κ1) is 12.2. The molecule has 0 aliphatic carbocycles. The van der Waals surface area contributed by atoms with Crippen LogP contribution in [0.15, 0.2) is 0 Å². The van der Waals surface area contributed by atoms with Crippen LogP contribution in [0, 0.1) is 0 Å². The molecule has 2 N–H and O–H groups in total. The molecule has 0 rings (SSSR count). The van der Waals surface area contributed by atoms with E-state index in [4.69, 9.17) is 5.73 Å². The normalized spacial score (nSPS) is 16.5. The van der Waals surface area contributed by atoms with Crippen molar-refractivity contribution in [1.82, 2.24) is 0 Å². The van der Waals surface area contributed by atoms with E-state index >= 15 is 0 Å². The van der Waals surface area contributed by atoms with Gasteiger partial charge in [-0.2, -0.15) is 13.2 Å². The first-order valence-electron chi connectivity index (χ1n) is 3.82. The lowest BCUT2D eigenvalue weighted by molar-refractivity contribution is -0.206. The number of alkyl halides is 3. The molecule has 0 heterocycles. The van der Waals surface area contributed by atoms with Gasteiger partial charge in [0.15, 0.2) is 0 Å². The summed E-state index contributed by atoms with van der Waals surface area (Å²) >= 11 is 0. The highest BCUT2D eigenvalue weighted by Gasteiger charge is 2.57. The number of carbonyl (C=O) groups is 1. The molecule has 0 amide bonds. The van der Waals surface area contributed by atoms with E-state index in [9.17, 15) is 18.0 Å². The maximum atomic E-state index is 12.3. The molecule has 0 aliphatic heterocycles. The highest BCUT2D eigenvalue weighted by atomic mass is 19.4. The zero-order chi connectivity index (χ0) is 10.7. The highest BCUT2D eigenvalue weighted by Crippen LogP contribution is 2.31. The predicted octanol–water partition coefficient (Wildman–Crippen LogP) is 1.22. The minimum Gasteiger partial charge on any atom is -0.464 e. The first-order chi connectivity index (χ1) is 5.79. The van der Waals surface area contributed by atoms with Crippen LogP contribution in [-0.4, -0.2) is 24.3 Å². The quantitative estimate of drug-likeness (QED) is 0.695. The molecular weight excluding hydrogens is 187 g/mol. The second-order valence-electron chi connectivity index (χ2n) is 2.54. The van der Waals surface area contributed by atoms with Crippen molar-refractivity contribution in [2.75, 3.05) is 6.61 Å². The van der Waals surface area contributed by atoms with Crippen LogP contribution < -0.4 is 5.73 Å². The average molecular weight is 199 g/mol. The van der Waals surface area contributed by atoms with Crippen molar-refractivity contribution in [3.63, 3.8) is 0 Å². The number of rotatable bonds is 3. The van der Waals surface area contributed by atoms with Gasteiger partial charge in [0.05, 0.1) is 6.61 Å². The molecule has 0 aliphatic rings. The second-order valence-corrected chi connectivity index (χ2v) is 2.54. The van der Waals surface area contributed by atoms with Crippen LogP contribution >= 0.6 is 0 Å². The Morgan fingerprint density at radius 1 is 1.38 bits per heavy atom. The van der Waals surface area contributed by atoms with Crippen LogP contribution in [-0.2, 0) is 9.53 Å². The van der Waals surface area contributed by atoms with Gasteiger partial charge < -0.3 is 10.5 Å². The molecule has 0 aromatic carbocycles. The van der Waals surface area contributed by atoms with Gasteiger partial charge in [0.1, 0.15) is 0 Å². The molecule has 3 nitrogen and oxygen atoms in total. The van der Waals surface area contributed by atoms with Crippen molar-refractivity contribution in [2.24, 2.45) is 5.73 Å². The average Bonchev–Trinajstić information content (AvgIpc) is 2.01. The van der Waals surface area contributed by atoms with E-state index in [1.807, 2.05) is 0 Å². The van der Waals surface area contributed by atoms with Crippen molar-refractivity contribution in [3.8, 4) is 0 Å². The van der Waals surface area contributed by atoms with Gasteiger partial charge in [0, 0.05) is 0 Å². The molecule has 0 bridgehead atoms. The molecule has 6 heteroatoms. The van der Waals surface area contributed by atoms with E-state index < -0.39 is 24.1 Å². The fraction of sp³-hybridized carbons (Fsp3) is 0.857. The van der Waals surface area contributed by atoms with Crippen molar-refractivity contribution < 1.29 is 22.7 Å². The summed E-state index contributed by atoms with van der Waals surface area (Å²) in [5.41, 5.74) is 2.03. The van der Waals surface area contributed by atoms with E-state index in [0.29, 0.717) is 0 Å². The molecule has 0 unspecified atom stereocenters. The first-order valence-corrected chi connectivity index (χ1v) is 3.82. The molecule has 0 aromatic heterocycles. The molecule has 0 fully saturated rings. The number of hydrogen-bond acceptors (Lipinski definition) is 3. The predicted molar refractivity (Wildman–Crippen MR) is 39.9 cm³/mol. The summed E-state index contributed by atoms with van der Waals surface area (Å²) < 4.78 is 41.0. The Hall–Kier alpha value is -0.780. The molecule has 78 valence electrons. The van der Waals surface area contributed by atoms with E-state index in [1.54, 1.807) is 0 Å². The van der Waals surface area contributed by atoms with Gasteiger partial charge in [-0.1, -0.05) is 6.92 Å². The van der Waals surface area contributed by atoms with E-state index in [1.165, 1.54) is 13.8 Å². The Bertz CT molecular complexity index is 193. The summed E-state index contributed by atoms with van der Waals surface area (Å²) in [6.45, 7) is 2.49. The fourth-order valence-corrected chi connectivity index (χ4v) is 0.720. The van der Waals surface area contributed by atoms with Gasteiger partial charge in [-0.3, -0.25) is 0 Å². The highest BCUT2D eigenvalue weighted by molar-refractivity contribution is 5.81. The number of esters is 1. The van der Waals surface area contributed by atoms with Crippen molar-refractivity contribution in [1.29, 1.82) is 0 Å². The van der Waals surface area contributed by atoms with E-state index in [-0.39, 0.29) is 6.61 Å². The van der Waals surface area contributed by atoms with Crippen LogP contribution in [0.25, 0.3) is 0 Å². The number of hydrogen-bond donors (Lipinski definition) is 1. The largest absolute Gasteiger partial charge is 0.464 e. The maximum Gasteiger partial charge on any atom is 0.417 e. The van der Waals surface area contributed by atoms with Crippen LogP contribution in [0.4, 0.5) is 13.2 Å². The number of halogens is 3. The minimum atomic E-state index is -4.77. The Morgan fingerprint density at radius 3 is 2.08 bits per heavy atom. The molecule has 0 saturated carbocycles. The van der Waals surface area contributed by atoms with Crippen molar-refractivity contribution >= 4 is 5.97 Å². The molecule has 0 spiro atoms. The Balaban J connectivity index is 4.73. The number of carbonyl (C=O) groups excluding carboxylic acids is 1. The summed E-state index contributed by atoms with van der Waals surface area (Å²) in [4.78, 5) is 10.9. The van der Waals surface area contributed by atoms with Gasteiger partial charge in [-0.05, 0) is 13.3 Å². The van der Waals surface area contributed by atoms with Crippen LogP contribution in [0.3, 0.4) is 0 Å². The summed E-state index contributed by atoms with van der Waals surface area (Å²) in [7, 11) is 0. The molecular formula is C7H12F3NO2. The van der Waals surface area contributed by atoms with Gasteiger partial charge in [0.2, 0.25) is 5.54 Å². The molecule has 0 aromatic rings. The smallest absolute Gasteiger partial charge is 0.417 e. The third-order valence-corrected chi connectivity index (χ3v) is 1.70. The lowest BCUT2D eigenvalue weighted by Gasteiger charge is -2.27. The van der Waals surface area contributed by atoms with Crippen molar-refractivity contribution in [2.45, 2.75) is 32.0 Å². The van der Waals surface area contributed by atoms with Gasteiger partial charge in [-0.25, -0.2) is 4.79 Å². The molecule has 1 atom stereocenters. The Labute approximate surface area is 74.0 Å². The van der Waals surface area contributed by atoms with Crippen molar-refractivity contribution in [3.05, 3.63) is 0 Å². The zero-order valence-electron chi connectivity index (χ0n) is 7.44. The monoisotopic (exact) mass is 199 g/mol. The molecule has 13 heavy (non-hydrogen) atoms. The summed E-state index contributed by atoms with van der Waals surface area (Å²) in [5, 5.41) is 0. The molecule has 0 saturated heterocycles. The fourth-order valence-electron chi connectivity index (χ4n) is 0.720. The van der Waals surface area contributed by atoms with E-state index in [0.717, 1.165) is 0 Å². The SMILES string of the molecule is CCOC(=O)[C@@](N)(CC)C(F)(F)F. The third-order valence-electron chi connectivity index (χ3n) is 1.70. The minimum absolute atomic E-state index is 0.117. The summed E-state index contributed by atoms with van der Waals surface area (Å²) in [6, 6.07) is 0. The third kappa shape index (κ3) is 2.33. The number of nitrogens with two attached hydrogens (primary N) is 1. The number of ether oxygens (including phenoxy) is 1. The zero-order valence-corrected chi connectivity index (χ0v) is 7.44. The van der Waals surface area contributed by atoms with Crippen LogP contribution in [0.1, 0.15) is 20.3 Å². The van der Waals surface area contributed by atoms with Crippen LogP contribution in [0.2, 0.25) is 0 Å². The Kier molecular flexibility index (Phi) is 3.71. The lowest BCUT2D eigenvalue weighted by atomic mass is 9.97. The van der Waals surface area contributed by atoms with Gasteiger partial charge >= 0.3 is 12.1 Å². The van der Waals surface area contributed by atoms with Crippen LogP contribution in [0.5, 0.6) is 0 Å². The standard InChI is InChI=1S/C7H12F3NO2/c1-3-6(11,7(8,9)10)5(12)13-4-2/h3-4,11H2,1-2H3/t6-/m0/s1. The Morgan fingerprint density at radius 2 is 1.85 bits per heavy atom. The van der Waals surface area contributed by atoms with Gasteiger partial charge in [0.25, 0.3) is 0 Å². The maximum absolute atomic E-state index is 12.3.